The van der Waals surface area contributed by atoms with Crippen molar-refractivity contribution in [2.75, 3.05) is 12.4 Å². The molecule has 0 aliphatic heterocycles. The molecule has 0 atom stereocenters. The van der Waals surface area contributed by atoms with E-state index in [4.69, 9.17) is 0 Å². The van der Waals surface area contributed by atoms with Gasteiger partial charge in [-0.2, -0.15) is 4.37 Å². The first-order valence-electron chi connectivity index (χ1n) is 6.96. The summed E-state index contributed by atoms with van der Waals surface area (Å²) < 4.78 is 20.0. The lowest BCUT2D eigenvalue weighted by molar-refractivity contribution is 0.629. The molecule has 3 rings (SSSR count). The summed E-state index contributed by atoms with van der Waals surface area (Å²) in [6.07, 6.45) is 0.987. The molecule has 0 unspecified atom stereocenters. The van der Waals surface area contributed by atoms with E-state index in [2.05, 4.69) is 26.2 Å². The fourth-order valence-corrected chi connectivity index (χ4v) is 3.29. The van der Waals surface area contributed by atoms with Crippen LogP contribution in [0.3, 0.4) is 0 Å². The van der Waals surface area contributed by atoms with Gasteiger partial charge >= 0.3 is 0 Å². The summed E-state index contributed by atoms with van der Waals surface area (Å²) in [6.45, 7) is 4.94. The van der Waals surface area contributed by atoms with E-state index in [9.17, 15) is 4.39 Å². The number of rotatable bonds is 4. The molecule has 0 radical (unpaired) electrons. The van der Waals surface area contributed by atoms with E-state index in [1.54, 1.807) is 6.07 Å². The molecule has 0 bridgehead atoms. The Morgan fingerprint density at radius 1 is 1.38 bits per heavy atom. The van der Waals surface area contributed by atoms with Crippen molar-refractivity contribution in [2.24, 2.45) is 0 Å². The number of imidazole rings is 1. The maximum atomic E-state index is 13.5. The summed E-state index contributed by atoms with van der Waals surface area (Å²) >= 11 is 1.42. The van der Waals surface area contributed by atoms with Crippen LogP contribution in [0.25, 0.3) is 22.4 Å². The predicted molar refractivity (Wildman–Crippen MR) is 85.4 cm³/mol. The molecule has 4 nitrogen and oxygen atoms in total. The smallest absolute Gasteiger partial charge is 0.146 e. The average molecular weight is 304 g/mol. The van der Waals surface area contributed by atoms with Crippen molar-refractivity contribution in [3.63, 3.8) is 0 Å². The first-order valence-corrected chi connectivity index (χ1v) is 7.73. The van der Waals surface area contributed by atoms with Gasteiger partial charge in [0.2, 0.25) is 0 Å². The van der Waals surface area contributed by atoms with Gasteiger partial charge in [-0.25, -0.2) is 9.37 Å². The maximum Gasteiger partial charge on any atom is 0.146 e. The SMILES string of the molecule is CCCn1c(-c2c(C)nsc2NC)nc2cc(F)ccc21. The van der Waals surface area contributed by atoms with E-state index >= 15 is 0 Å². The van der Waals surface area contributed by atoms with Gasteiger partial charge in [-0.3, -0.25) is 0 Å². The average Bonchev–Trinajstić information content (AvgIpc) is 2.99. The van der Waals surface area contributed by atoms with E-state index in [-0.39, 0.29) is 5.82 Å². The Kier molecular flexibility index (Phi) is 3.63. The number of halogens is 1. The molecule has 2 aromatic heterocycles. The van der Waals surface area contributed by atoms with Crippen molar-refractivity contribution in [3.05, 3.63) is 29.7 Å². The molecule has 0 saturated heterocycles. The summed E-state index contributed by atoms with van der Waals surface area (Å²) in [5, 5.41) is 4.16. The molecular formula is C15H17FN4S. The zero-order valence-electron chi connectivity index (χ0n) is 12.3. The molecule has 110 valence electrons. The number of nitrogens with zero attached hydrogens (tertiary/aromatic N) is 3. The number of hydrogen-bond donors (Lipinski definition) is 1. The zero-order chi connectivity index (χ0) is 15.0. The first kappa shape index (κ1) is 14.0. The van der Waals surface area contributed by atoms with Crippen LogP contribution in [0.5, 0.6) is 0 Å². The standard InChI is InChI=1S/C15H17FN4S/c1-4-7-20-12-6-5-10(16)8-11(12)18-14(20)13-9(2)19-21-15(13)17-3/h5-6,8,17H,4,7H2,1-3H3. The van der Waals surface area contributed by atoms with Crippen molar-refractivity contribution in [1.29, 1.82) is 0 Å². The van der Waals surface area contributed by atoms with Crippen molar-refractivity contribution >= 4 is 27.6 Å². The number of aryl methyl sites for hydroxylation is 2. The second kappa shape index (κ2) is 5.44. The van der Waals surface area contributed by atoms with Gasteiger partial charge in [0, 0.05) is 19.7 Å². The Hall–Kier alpha value is -1.95. The van der Waals surface area contributed by atoms with Crippen LogP contribution in [0, 0.1) is 12.7 Å². The van der Waals surface area contributed by atoms with Crippen LogP contribution >= 0.6 is 11.5 Å². The quantitative estimate of drug-likeness (QED) is 0.790. The molecule has 0 aliphatic rings. The van der Waals surface area contributed by atoms with Gasteiger partial charge in [-0.15, -0.1) is 0 Å². The summed E-state index contributed by atoms with van der Waals surface area (Å²) in [5.41, 5.74) is 3.59. The molecule has 2 heterocycles. The van der Waals surface area contributed by atoms with Crippen LogP contribution in [-0.2, 0) is 6.54 Å². The van der Waals surface area contributed by atoms with E-state index in [0.717, 1.165) is 40.6 Å². The van der Waals surface area contributed by atoms with E-state index in [1.807, 2.05) is 14.0 Å². The highest BCUT2D eigenvalue weighted by Gasteiger charge is 2.19. The van der Waals surface area contributed by atoms with E-state index < -0.39 is 0 Å². The minimum Gasteiger partial charge on any atom is -0.378 e. The normalized spacial score (nSPS) is 11.2. The highest BCUT2D eigenvalue weighted by atomic mass is 32.1. The van der Waals surface area contributed by atoms with Gasteiger partial charge in [0.25, 0.3) is 0 Å². The van der Waals surface area contributed by atoms with Crippen LogP contribution < -0.4 is 5.32 Å². The minimum atomic E-state index is -0.260. The second-order valence-corrected chi connectivity index (χ2v) is 5.72. The molecule has 0 amide bonds. The third-order valence-corrected chi connectivity index (χ3v) is 4.43. The minimum absolute atomic E-state index is 0.260. The van der Waals surface area contributed by atoms with Crippen molar-refractivity contribution in [2.45, 2.75) is 26.8 Å². The lowest BCUT2D eigenvalue weighted by atomic mass is 10.2. The van der Waals surface area contributed by atoms with E-state index in [1.165, 1.54) is 23.7 Å². The van der Waals surface area contributed by atoms with Gasteiger partial charge in [0.1, 0.15) is 16.6 Å². The number of aromatic nitrogens is 3. The molecule has 6 heteroatoms. The Balaban J connectivity index is 2.30. The van der Waals surface area contributed by atoms with Crippen molar-refractivity contribution in [1.82, 2.24) is 13.9 Å². The van der Waals surface area contributed by atoms with Crippen LogP contribution in [0.1, 0.15) is 19.0 Å². The van der Waals surface area contributed by atoms with Crippen LogP contribution in [-0.4, -0.2) is 21.0 Å². The fourth-order valence-electron chi connectivity index (χ4n) is 2.55. The van der Waals surface area contributed by atoms with Gasteiger partial charge in [0.05, 0.1) is 22.3 Å². The van der Waals surface area contributed by atoms with Gasteiger partial charge in [-0.1, -0.05) is 6.92 Å². The van der Waals surface area contributed by atoms with Gasteiger partial charge in [-0.05, 0) is 37.0 Å². The fraction of sp³-hybridized carbons (Fsp3) is 0.333. The molecule has 21 heavy (non-hydrogen) atoms. The highest BCUT2D eigenvalue weighted by Crippen LogP contribution is 2.35. The van der Waals surface area contributed by atoms with Gasteiger partial charge < -0.3 is 9.88 Å². The van der Waals surface area contributed by atoms with Crippen LogP contribution in [0.2, 0.25) is 0 Å². The monoisotopic (exact) mass is 304 g/mol. The lowest BCUT2D eigenvalue weighted by Crippen LogP contribution is -2.01. The van der Waals surface area contributed by atoms with Crippen LogP contribution in [0.4, 0.5) is 9.39 Å². The summed E-state index contributed by atoms with van der Waals surface area (Å²) in [5.74, 6) is 0.595. The highest BCUT2D eigenvalue weighted by molar-refractivity contribution is 7.10. The summed E-state index contributed by atoms with van der Waals surface area (Å²) in [6, 6.07) is 4.77. The topological polar surface area (TPSA) is 42.7 Å². The molecule has 0 aliphatic carbocycles. The number of nitrogens with one attached hydrogen (secondary N) is 1. The Morgan fingerprint density at radius 3 is 2.90 bits per heavy atom. The Bertz CT molecular complexity index is 790. The lowest BCUT2D eigenvalue weighted by Gasteiger charge is -2.08. The molecular weight excluding hydrogens is 287 g/mol. The molecule has 0 spiro atoms. The Morgan fingerprint density at radius 2 is 2.19 bits per heavy atom. The predicted octanol–water partition coefficient (Wildman–Crippen LogP) is 4.06. The molecule has 3 aromatic rings. The third-order valence-electron chi connectivity index (χ3n) is 3.47. The third kappa shape index (κ3) is 2.29. The summed E-state index contributed by atoms with van der Waals surface area (Å²) in [7, 11) is 1.88. The molecule has 1 aromatic carbocycles. The van der Waals surface area contributed by atoms with Crippen LogP contribution in [0.15, 0.2) is 18.2 Å². The Labute approximate surface area is 126 Å². The molecule has 0 fully saturated rings. The number of benzene rings is 1. The summed E-state index contributed by atoms with van der Waals surface area (Å²) in [4.78, 5) is 4.65. The molecule has 1 N–H and O–H groups in total. The number of anilines is 1. The second-order valence-electron chi connectivity index (χ2n) is 4.94. The molecule has 0 saturated carbocycles. The van der Waals surface area contributed by atoms with Crippen molar-refractivity contribution < 1.29 is 4.39 Å². The maximum absolute atomic E-state index is 13.5. The van der Waals surface area contributed by atoms with Gasteiger partial charge in [0.15, 0.2) is 0 Å². The first-order chi connectivity index (χ1) is 10.2. The number of fused-ring (bicyclic) bond motifs is 1. The van der Waals surface area contributed by atoms with Crippen molar-refractivity contribution in [3.8, 4) is 11.4 Å². The largest absolute Gasteiger partial charge is 0.378 e. The zero-order valence-corrected chi connectivity index (χ0v) is 13.1. The van der Waals surface area contributed by atoms with E-state index in [0.29, 0.717) is 5.52 Å². The number of hydrogen-bond acceptors (Lipinski definition) is 4.